The molecule has 1 amide bonds. The summed E-state index contributed by atoms with van der Waals surface area (Å²) in [4.78, 5) is 33.3. The van der Waals surface area contributed by atoms with Gasteiger partial charge in [-0.25, -0.2) is 0 Å². The Bertz CT molecular complexity index is 806. The second kappa shape index (κ2) is 9.16. The van der Waals surface area contributed by atoms with Crippen molar-refractivity contribution in [2.24, 2.45) is 0 Å². The van der Waals surface area contributed by atoms with Crippen molar-refractivity contribution in [1.82, 2.24) is 0 Å². The van der Waals surface area contributed by atoms with Crippen molar-refractivity contribution < 1.29 is 24.0 Å². The van der Waals surface area contributed by atoms with E-state index in [4.69, 9.17) is 9.47 Å². The van der Waals surface area contributed by atoms with E-state index in [0.29, 0.717) is 18.6 Å². The van der Waals surface area contributed by atoms with Crippen LogP contribution in [0.5, 0.6) is 11.5 Å². The summed E-state index contributed by atoms with van der Waals surface area (Å²) in [6, 6.07) is 10.3. The number of carbonyl (C=O) groups is 2. The first kappa shape index (κ1) is 18.9. The van der Waals surface area contributed by atoms with Crippen LogP contribution in [0.3, 0.4) is 0 Å². The molecule has 1 N–H and O–H groups in total. The number of non-ortho nitro benzene ring substituents is 1. The number of amides is 1. The van der Waals surface area contributed by atoms with Crippen LogP contribution in [0, 0.1) is 10.1 Å². The Labute approximate surface area is 149 Å². The van der Waals surface area contributed by atoms with Crippen molar-refractivity contribution in [3.63, 3.8) is 0 Å². The third-order valence-electron chi connectivity index (χ3n) is 3.28. The van der Waals surface area contributed by atoms with Crippen molar-refractivity contribution >= 4 is 23.6 Å². The van der Waals surface area contributed by atoms with E-state index in [1.807, 2.05) is 6.92 Å². The molecule has 8 heteroatoms. The van der Waals surface area contributed by atoms with Gasteiger partial charge in [0.1, 0.15) is 11.5 Å². The van der Waals surface area contributed by atoms with Gasteiger partial charge in [0.15, 0.2) is 12.9 Å². The summed E-state index contributed by atoms with van der Waals surface area (Å²) in [6.07, 6.45) is 1.45. The van der Waals surface area contributed by atoms with E-state index in [0.717, 1.165) is 6.42 Å². The van der Waals surface area contributed by atoms with E-state index in [1.54, 1.807) is 18.2 Å². The highest BCUT2D eigenvalue weighted by molar-refractivity contribution is 5.92. The number of nitrogens with zero attached hydrogens (tertiary/aromatic N) is 1. The van der Waals surface area contributed by atoms with E-state index < -0.39 is 10.8 Å². The minimum Gasteiger partial charge on any atom is -0.493 e. The Morgan fingerprint density at radius 1 is 1.23 bits per heavy atom. The zero-order valence-electron chi connectivity index (χ0n) is 14.1. The molecule has 0 heterocycles. The first-order valence-corrected chi connectivity index (χ1v) is 7.92. The van der Waals surface area contributed by atoms with E-state index in [9.17, 15) is 19.7 Å². The predicted octanol–water partition coefficient (Wildman–Crippen LogP) is 3.21. The highest BCUT2D eigenvalue weighted by Gasteiger charge is 2.11. The standard InChI is InChI=1S/C18H18N2O6/c1-2-8-25-16-7-6-13(11-21)17(10-16)26-12-18(22)19-14-4-3-5-15(9-14)20(23)24/h3-7,9-11H,2,8,12H2,1H3,(H,19,22). The molecule has 2 aromatic rings. The van der Waals surface area contributed by atoms with Crippen LogP contribution >= 0.6 is 0 Å². The third kappa shape index (κ3) is 5.30. The number of aldehydes is 1. The molecule has 136 valence electrons. The van der Waals surface area contributed by atoms with Crippen LogP contribution in [0.2, 0.25) is 0 Å². The maximum Gasteiger partial charge on any atom is 0.271 e. The van der Waals surface area contributed by atoms with Crippen molar-refractivity contribution in [2.75, 3.05) is 18.5 Å². The molecule has 0 atom stereocenters. The molecular formula is C18H18N2O6. The number of nitro groups is 1. The maximum absolute atomic E-state index is 12.0. The zero-order valence-corrected chi connectivity index (χ0v) is 14.1. The molecule has 0 spiro atoms. The molecule has 0 saturated carbocycles. The Hall–Kier alpha value is -3.42. The Morgan fingerprint density at radius 3 is 2.73 bits per heavy atom. The summed E-state index contributed by atoms with van der Waals surface area (Å²) in [6.45, 7) is 2.13. The maximum atomic E-state index is 12.0. The highest BCUT2D eigenvalue weighted by atomic mass is 16.6. The molecule has 2 rings (SSSR count). The average molecular weight is 358 g/mol. The van der Waals surface area contributed by atoms with Crippen LogP contribution in [0.25, 0.3) is 0 Å². The molecule has 0 aliphatic rings. The smallest absolute Gasteiger partial charge is 0.271 e. The lowest BCUT2D eigenvalue weighted by atomic mass is 10.2. The van der Waals surface area contributed by atoms with Gasteiger partial charge in [0.2, 0.25) is 0 Å². The molecule has 0 aliphatic heterocycles. The molecule has 0 radical (unpaired) electrons. The van der Waals surface area contributed by atoms with Gasteiger partial charge in [0.05, 0.1) is 17.1 Å². The summed E-state index contributed by atoms with van der Waals surface area (Å²) in [5, 5.41) is 13.3. The van der Waals surface area contributed by atoms with Crippen LogP contribution in [-0.4, -0.2) is 30.3 Å². The predicted molar refractivity (Wildman–Crippen MR) is 94.8 cm³/mol. The number of benzene rings is 2. The van der Waals surface area contributed by atoms with E-state index in [-0.39, 0.29) is 29.3 Å². The Kier molecular flexibility index (Phi) is 6.67. The number of nitrogens with one attached hydrogen (secondary N) is 1. The van der Waals surface area contributed by atoms with Crippen molar-refractivity contribution in [3.05, 3.63) is 58.1 Å². The molecule has 8 nitrogen and oxygen atoms in total. The molecule has 0 saturated heterocycles. The number of ether oxygens (including phenoxy) is 2. The lowest BCUT2D eigenvalue weighted by molar-refractivity contribution is -0.384. The van der Waals surface area contributed by atoms with Gasteiger partial charge < -0.3 is 14.8 Å². The van der Waals surface area contributed by atoms with Gasteiger partial charge in [0.25, 0.3) is 11.6 Å². The van der Waals surface area contributed by atoms with Gasteiger partial charge in [-0.15, -0.1) is 0 Å². The van der Waals surface area contributed by atoms with Crippen molar-refractivity contribution in [3.8, 4) is 11.5 Å². The fourth-order valence-electron chi connectivity index (χ4n) is 2.08. The summed E-state index contributed by atoms with van der Waals surface area (Å²) < 4.78 is 10.9. The molecule has 0 aromatic heterocycles. The molecule has 2 aromatic carbocycles. The molecular weight excluding hydrogens is 340 g/mol. The number of anilines is 1. The van der Waals surface area contributed by atoms with E-state index >= 15 is 0 Å². The third-order valence-corrected chi connectivity index (χ3v) is 3.28. The topological polar surface area (TPSA) is 108 Å². The number of hydrogen-bond acceptors (Lipinski definition) is 6. The van der Waals surface area contributed by atoms with Gasteiger partial charge in [0, 0.05) is 23.9 Å². The van der Waals surface area contributed by atoms with Gasteiger partial charge in [-0.1, -0.05) is 13.0 Å². The van der Waals surface area contributed by atoms with Crippen molar-refractivity contribution in [1.29, 1.82) is 0 Å². The Balaban J connectivity index is 2.01. The monoisotopic (exact) mass is 358 g/mol. The quantitative estimate of drug-likeness (QED) is 0.419. The second-order valence-electron chi connectivity index (χ2n) is 5.31. The normalized spacial score (nSPS) is 10.0. The lowest BCUT2D eigenvalue weighted by Gasteiger charge is -2.11. The molecule has 0 fully saturated rings. The fraction of sp³-hybridized carbons (Fsp3) is 0.222. The average Bonchev–Trinajstić information content (AvgIpc) is 2.65. The molecule has 0 bridgehead atoms. The second-order valence-corrected chi connectivity index (χ2v) is 5.31. The SMILES string of the molecule is CCCOc1ccc(C=O)c(OCC(=O)Nc2cccc([N+](=O)[O-])c2)c1. The largest absolute Gasteiger partial charge is 0.493 e. The highest BCUT2D eigenvalue weighted by Crippen LogP contribution is 2.24. The summed E-state index contributed by atoms with van der Waals surface area (Å²) in [7, 11) is 0. The first-order chi connectivity index (χ1) is 12.5. The minimum absolute atomic E-state index is 0.132. The number of nitro benzene ring substituents is 1. The molecule has 26 heavy (non-hydrogen) atoms. The minimum atomic E-state index is -0.551. The van der Waals surface area contributed by atoms with Gasteiger partial charge in [-0.3, -0.25) is 19.7 Å². The van der Waals surface area contributed by atoms with Crippen LogP contribution in [0.15, 0.2) is 42.5 Å². The first-order valence-electron chi connectivity index (χ1n) is 7.92. The van der Waals surface area contributed by atoms with Crippen LogP contribution in [0.1, 0.15) is 23.7 Å². The molecule has 0 aliphatic carbocycles. The molecule has 0 unspecified atom stereocenters. The van der Waals surface area contributed by atoms with Crippen LogP contribution < -0.4 is 14.8 Å². The number of hydrogen-bond donors (Lipinski definition) is 1. The lowest BCUT2D eigenvalue weighted by Crippen LogP contribution is -2.20. The summed E-state index contributed by atoms with van der Waals surface area (Å²) >= 11 is 0. The zero-order chi connectivity index (χ0) is 18.9. The number of rotatable bonds is 9. The van der Waals surface area contributed by atoms with E-state index in [2.05, 4.69) is 5.32 Å². The van der Waals surface area contributed by atoms with Gasteiger partial charge >= 0.3 is 0 Å². The van der Waals surface area contributed by atoms with Crippen LogP contribution in [0.4, 0.5) is 11.4 Å². The summed E-state index contributed by atoms with van der Waals surface area (Å²) in [5.41, 5.74) is 0.438. The van der Waals surface area contributed by atoms with Crippen LogP contribution in [-0.2, 0) is 4.79 Å². The van der Waals surface area contributed by atoms with Gasteiger partial charge in [-0.05, 0) is 24.6 Å². The van der Waals surface area contributed by atoms with E-state index in [1.165, 1.54) is 24.3 Å². The fourth-order valence-corrected chi connectivity index (χ4v) is 2.08. The van der Waals surface area contributed by atoms with Gasteiger partial charge in [-0.2, -0.15) is 0 Å². The summed E-state index contributed by atoms with van der Waals surface area (Å²) in [5.74, 6) is 0.247. The number of carbonyl (C=O) groups excluding carboxylic acids is 2. The van der Waals surface area contributed by atoms with Crippen molar-refractivity contribution in [2.45, 2.75) is 13.3 Å². The Morgan fingerprint density at radius 2 is 2.04 bits per heavy atom.